The molecular formula is C37H62N6O7. The lowest BCUT2D eigenvalue weighted by Crippen LogP contribution is -2.62. The summed E-state index contributed by atoms with van der Waals surface area (Å²) in [6.07, 6.45) is 4.86. The van der Waals surface area contributed by atoms with Gasteiger partial charge in [-0.25, -0.2) is 0 Å². The number of nitrogens with one attached hydrogen (secondary N) is 4. The molecule has 5 amide bonds. The summed E-state index contributed by atoms with van der Waals surface area (Å²) in [7, 11) is 1.62. The van der Waals surface area contributed by atoms with E-state index in [1.807, 2.05) is 58.9 Å². The van der Waals surface area contributed by atoms with Gasteiger partial charge >= 0.3 is 0 Å². The fourth-order valence-corrected chi connectivity index (χ4v) is 6.09. The number of aryl methyl sites for hydroxylation is 1. The molecule has 1 heterocycles. The molecule has 0 unspecified atom stereocenters. The van der Waals surface area contributed by atoms with E-state index in [1.165, 1.54) is 4.90 Å². The summed E-state index contributed by atoms with van der Waals surface area (Å²) in [5.74, 6) is -3.87. The molecule has 0 aliphatic carbocycles. The van der Waals surface area contributed by atoms with Crippen LogP contribution in [0.4, 0.5) is 0 Å². The highest BCUT2D eigenvalue weighted by Crippen LogP contribution is 2.25. The summed E-state index contributed by atoms with van der Waals surface area (Å²) in [5, 5.41) is 20.6. The normalized spacial score (nSPS) is 25.6. The van der Waals surface area contributed by atoms with Crippen molar-refractivity contribution < 1.29 is 33.8 Å². The Hall–Kier alpha value is -3.55. The van der Waals surface area contributed by atoms with E-state index in [1.54, 1.807) is 7.05 Å². The van der Waals surface area contributed by atoms with Crippen LogP contribution < -0.4 is 27.0 Å². The Morgan fingerprint density at radius 3 is 2.14 bits per heavy atom. The van der Waals surface area contributed by atoms with Gasteiger partial charge in [0.2, 0.25) is 29.5 Å². The van der Waals surface area contributed by atoms with E-state index in [2.05, 4.69) is 28.2 Å². The first kappa shape index (κ1) is 42.6. The van der Waals surface area contributed by atoms with Gasteiger partial charge in [-0.1, -0.05) is 96.6 Å². The highest BCUT2D eigenvalue weighted by molar-refractivity contribution is 5.96. The molecule has 0 spiro atoms. The summed E-state index contributed by atoms with van der Waals surface area (Å²) in [6, 6.07) is 3.37. The number of unbranched alkanes of at least 4 members (excludes halogenated alkanes) is 3. The van der Waals surface area contributed by atoms with Gasteiger partial charge in [-0.3, -0.25) is 24.0 Å². The maximum absolute atomic E-state index is 14.7. The molecule has 0 saturated carbocycles. The number of rotatable bonds is 13. The quantitative estimate of drug-likeness (QED) is 0.168. The molecule has 0 aromatic heterocycles. The molecular weight excluding hydrogens is 640 g/mol. The summed E-state index contributed by atoms with van der Waals surface area (Å²) in [5.41, 5.74) is 7.85. The fraction of sp³-hybridized carbons (Fsp3) is 0.703. The lowest BCUT2D eigenvalue weighted by molar-refractivity contribution is -0.148. The predicted octanol–water partition coefficient (Wildman–Crippen LogP) is 1.92. The van der Waals surface area contributed by atoms with Crippen molar-refractivity contribution in [3.8, 4) is 0 Å². The number of aliphatic hydroxyl groups is 1. The number of ether oxygens (including phenoxy) is 1. The first-order chi connectivity index (χ1) is 23.8. The maximum atomic E-state index is 14.7. The Bertz CT molecular complexity index is 1240. The second-order valence-corrected chi connectivity index (χ2v) is 14.0. The average Bonchev–Trinajstić information content (AvgIpc) is 3.09. The van der Waals surface area contributed by atoms with Crippen LogP contribution >= 0.6 is 0 Å². The summed E-state index contributed by atoms with van der Waals surface area (Å²) < 4.78 is 6.30. The molecule has 0 radical (unpaired) electrons. The van der Waals surface area contributed by atoms with Gasteiger partial charge in [0.25, 0.3) is 0 Å². The molecule has 13 heteroatoms. The lowest BCUT2D eigenvalue weighted by Gasteiger charge is -2.36. The molecule has 1 saturated heterocycles. The maximum Gasteiger partial charge on any atom is 0.246 e. The molecule has 1 aromatic rings. The van der Waals surface area contributed by atoms with Gasteiger partial charge in [0.05, 0.1) is 18.6 Å². The molecule has 13 nitrogen and oxygen atoms in total. The van der Waals surface area contributed by atoms with Gasteiger partial charge in [-0.05, 0) is 43.6 Å². The lowest BCUT2D eigenvalue weighted by atomic mass is 9.88. The Morgan fingerprint density at radius 1 is 0.900 bits per heavy atom. The monoisotopic (exact) mass is 702 g/mol. The topological polar surface area (TPSA) is 192 Å². The Balaban J connectivity index is 2.67. The predicted molar refractivity (Wildman–Crippen MR) is 192 cm³/mol. The minimum atomic E-state index is -1.35. The zero-order valence-corrected chi connectivity index (χ0v) is 31.1. The third-order valence-corrected chi connectivity index (χ3v) is 9.52. The number of hydrogen-bond acceptors (Lipinski definition) is 8. The van der Waals surface area contributed by atoms with E-state index in [9.17, 15) is 29.1 Å². The van der Waals surface area contributed by atoms with Crippen molar-refractivity contribution >= 4 is 29.5 Å². The van der Waals surface area contributed by atoms with Crippen LogP contribution in [0.3, 0.4) is 0 Å². The second kappa shape index (κ2) is 21.6. The van der Waals surface area contributed by atoms with Crippen molar-refractivity contribution in [3.05, 3.63) is 35.4 Å². The van der Waals surface area contributed by atoms with Crippen LogP contribution in [-0.4, -0.2) is 96.7 Å². The molecule has 282 valence electrons. The zero-order chi connectivity index (χ0) is 37.4. The highest BCUT2D eigenvalue weighted by Gasteiger charge is 2.39. The number of likely N-dealkylation sites (N-methyl/N-ethyl adjacent to an activating group) is 1. The van der Waals surface area contributed by atoms with Crippen LogP contribution in [0.15, 0.2) is 24.3 Å². The van der Waals surface area contributed by atoms with Gasteiger partial charge in [0.1, 0.15) is 30.9 Å². The molecule has 7 atom stereocenters. The third-order valence-electron chi connectivity index (χ3n) is 9.52. The van der Waals surface area contributed by atoms with Crippen LogP contribution in [0.2, 0.25) is 0 Å². The van der Waals surface area contributed by atoms with Crippen molar-refractivity contribution in [1.82, 2.24) is 26.2 Å². The molecule has 2 rings (SSSR count). The van der Waals surface area contributed by atoms with E-state index in [-0.39, 0.29) is 31.0 Å². The van der Waals surface area contributed by atoms with Crippen LogP contribution in [0.1, 0.15) is 90.7 Å². The zero-order valence-electron chi connectivity index (χ0n) is 31.1. The summed E-state index contributed by atoms with van der Waals surface area (Å²) in [6.45, 7) is 10.4. The fourth-order valence-electron chi connectivity index (χ4n) is 6.09. The number of hydrogen-bond donors (Lipinski definition) is 6. The minimum Gasteiger partial charge on any atom is -0.394 e. The number of carbonyl (C=O) groups is 5. The average molecular weight is 703 g/mol. The number of benzene rings is 1. The van der Waals surface area contributed by atoms with Crippen LogP contribution in [0, 0.1) is 24.7 Å². The van der Waals surface area contributed by atoms with E-state index < -0.39 is 66.4 Å². The van der Waals surface area contributed by atoms with Crippen LogP contribution in [0.5, 0.6) is 0 Å². The standard InChI is InChI=1S/C37H62N6O7/c1-8-10-11-12-13-31-27(19-26-16-14-24(5)15-17-26)37(49)43(7)30(18-23(3)4)35(47)42-32(25(6)9-2)36(48)40-28(20-38)34(46)41-29(21-44)33(45)39-22-50-31/h14-17,23,25,27-32,44H,8-13,18-22,38H2,1-7H3,(H,39,45)(H,40,48)(H,41,46)(H,42,47)/t25-,27-,28+,29+,30+,31-,32+/m1/s1. The van der Waals surface area contributed by atoms with Gasteiger partial charge in [-0.15, -0.1) is 0 Å². The molecule has 7 N–H and O–H groups in total. The second-order valence-electron chi connectivity index (χ2n) is 14.0. The van der Waals surface area contributed by atoms with Crippen molar-refractivity contribution in [2.45, 2.75) is 123 Å². The molecule has 50 heavy (non-hydrogen) atoms. The smallest absolute Gasteiger partial charge is 0.246 e. The molecule has 1 aliphatic heterocycles. The summed E-state index contributed by atoms with van der Waals surface area (Å²) in [4.78, 5) is 70.2. The van der Waals surface area contributed by atoms with Gasteiger partial charge in [0, 0.05) is 13.6 Å². The molecule has 1 aliphatic rings. The van der Waals surface area contributed by atoms with E-state index in [0.29, 0.717) is 25.7 Å². The third kappa shape index (κ3) is 13.0. The van der Waals surface area contributed by atoms with Gasteiger partial charge < -0.3 is 41.7 Å². The van der Waals surface area contributed by atoms with Crippen molar-refractivity contribution in [1.29, 1.82) is 0 Å². The first-order valence-electron chi connectivity index (χ1n) is 18.2. The Morgan fingerprint density at radius 2 is 1.56 bits per heavy atom. The largest absolute Gasteiger partial charge is 0.394 e. The van der Waals surface area contributed by atoms with E-state index in [0.717, 1.165) is 36.8 Å². The first-order valence-corrected chi connectivity index (χ1v) is 18.2. The molecule has 0 bridgehead atoms. The van der Waals surface area contributed by atoms with Crippen LogP contribution in [0.25, 0.3) is 0 Å². The minimum absolute atomic E-state index is 0.0337. The van der Waals surface area contributed by atoms with Gasteiger partial charge in [-0.2, -0.15) is 0 Å². The molecule has 1 fully saturated rings. The van der Waals surface area contributed by atoms with E-state index >= 15 is 0 Å². The number of nitrogens with zero attached hydrogens (tertiary/aromatic N) is 1. The summed E-state index contributed by atoms with van der Waals surface area (Å²) >= 11 is 0. The Kier molecular flexibility index (Phi) is 18.4. The number of carbonyl (C=O) groups excluding carboxylic acids is 5. The number of amides is 5. The Labute approximate surface area is 298 Å². The van der Waals surface area contributed by atoms with Crippen molar-refractivity contribution in [3.63, 3.8) is 0 Å². The highest BCUT2D eigenvalue weighted by atomic mass is 16.5. The SMILES string of the molecule is CCCCCC[C@H]1OCNC(=O)[C@H](CO)NC(=O)[C@H](CN)NC(=O)[C@H]([C@H](C)CC)NC(=O)[C@H](CC(C)C)N(C)C(=O)[C@@H]1Cc1ccc(C)cc1. The molecule has 1 aromatic carbocycles. The van der Waals surface area contributed by atoms with Crippen molar-refractivity contribution in [2.24, 2.45) is 23.5 Å². The van der Waals surface area contributed by atoms with Crippen LogP contribution in [-0.2, 0) is 35.1 Å². The van der Waals surface area contributed by atoms with E-state index in [4.69, 9.17) is 10.5 Å². The number of aliphatic hydroxyl groups excluding tert-OH is 1. The van der Waals surface area contributed by atoms with Crippen molar-refractivity contribution in [2.75, 3.05) is 26.9 Å². The van der Waals surface area contributed by atoms with Gasteiger partial charge in [0.15, 0.2) is 0 Å². The number of nitrogens with two attached hydrogens (primary N) is 1.